The average molecular weight is 274 g/mol. The molecule has 2 nitrogen and oxygen atoms in total. The van der Waals surface area contributed by atoms with Crippen LogP contribution >= 0.6 is 11.8 Å². The van der Waals surface area contributed by atoms with E-state index >= 15 is 0 Å². The van der Waals surface area contributed by atoms with Gasteiger partial charge in [0.2, 0.25) is 0 Å². The van der Waals surface area contributed by atoms with Crippen molar-refractivity contribution in [1.29, 1.82) is 0 Å². The number of halogens is 2. The number of hydrogen-bond donors (Lipinski definition) is 0. The van der Waals surface area contributed by atoms with Crippen LogP contribution in [0.25, 0.3) is 0 Å². The summed E-state index contributed by atoms with van der Waals surface area (Å²) in [4.78, 5) is 11.6. The number of rotatable bonds is 4. The van der Waals surface area contributed by atoms with Crippen molar-refractivity contribution in [3.05, 3.63) is 29.8 Å². The van der Waals surface area contributed by atoms with E-state index in [2.05, 4.69) is 0 Å². The molecule has 0 bridgehead atoms. The van der Waals surface area contributed by atoms with E-state index < -0.39 is 17.2 Å². The van der Waals surface area contributed by atoms with Crippen molar-refractivity contribution in [2.45, 2.75) is 37.7 Å². The van der Waals surface area contributed by atoms with Crippen LogP contribution in [-0.4, -0.2) is 17.3 Å². The fourth-order valence-corrected chi connectivity index (χ4v) is 2.12. The Morgan fingerprint density at radius 3 is 2.61 bits per heavy atom. The molecule has 0 radical (unpaired) electrons. The molecule has 0 unspecified atom stereocenters. The van der Waals surface area contributed by atoms with Gasteiger partial charge < -0.3 is 4.74 Å². The maximum Gasteiger partial charge on any atom is 0.307 e. The van der Waals surface area contributed by atoms with Crippen molar-refractivity contribution < 1.29 is 18.3 Å². The van der Waals surface area contributed by atoms with Gasteiger partial charge in [-0.25, -0.2) is 8.78 Å². The van der Waals surface area contributed by atoms with Crippen LogP contribution in [0.4, 0.5) is 8.78 Å². The minimum atomic E-state index is -0.522. The predicted molar refractivity (Wildman–Crippen MR) is 67.5 cm³/mol. The lowest BCUT2D eigenvalue weighted by Gasteiger charge is -2.19. The van der Waals surface area contributed by atoms with E-state index in [-0.39, 0.29) is 17.3 Å². The molecule has 1 rings (SSSR count). The van der Waals surface area contributed by atoms with Gasteiger partial charge in [0.25, 0.3) is 0 Å². The molecule has 0 saturated heterocycles. The summed E-state index contributed by atoms with van der Waals surface area (Å²) in [5.74, 6) is -0.955. The van der Waals surface area contributed by atoms with Gasteiger partial charge in [-0.2, -0.15) is 0 Å². The van der Waals surface area contributed by atoms with Crippen LogP contribution in [-0.2, 0) is 9.53 Å². The lowest BCUT2D eigenvalue weighted by atomic mass is 10.2. The SMILES string of the molecule is CC(C)(C)OC(=O)CCSc1cc(F)ccc1F. The van der Waals surface area contributed by atoms with Crippen molar-refractivity contribution in [2.24, 2.45) is 0 Å². The standard InChI is InChI=1S/C13H16F2O2S/c1-13(2,3)17-12(16)6-7-18-11-8-9(14)4-5-10(11)15/h4-5,8H,6-7H2,1-3H3. The zero-order valence-electron chi connectivity index (χ0n) is 10.6. The lowest BCUT2D eigenvalue weighted by molar-refractivity contribution is -0.154. The average Bonchev–Trinajstić information content (AvgIpc) is 2.20. The Morgan fingerprint density at radius 2 is 2.00 bits per heavy atom. The van der Waals surface area contributed by atoms with Crippen LogP contribution in [0.5, 0.6) is 0 Å². The molecule has 0 aliphatic rings. The molecule has 0 aliphatic carbocycles. The molecule has 18 heavy (non-hydrogen) atoms. The molecule has 0 fully saturated rings. The highest BCUT2D eigenvalue weighted by atomic mass is 32.2. The number of ether oxygens (including phenoxy) is 1. The van der Waals surface area contributed by atoms with E-state index in [1.165, 1.54) is 0 Å². The Morgan fingerprint density at radius 1 is 1.33 bits per heavy atom. The molecule has 0 saturated carbocycles. The molecule has 0 amide bonds. The van der Waals surface area contributed by atoms with E-state index in [9.17, 15) is 13.6 Å². The van der Waals surface area contributed by atoms with Crippen LogP contribution in [0.3, 0.4) is 0 Å². The molecule has 5 heteroatoms. The second kappa shape index (κ2) is 6.18. The molecule has 0 atom stereocenters. The third-order valence-electron chi connectivity index (χ3n) is 1.88. The van der Waals surface area contributed by atoms with Crippen molar-refractivity contribution >= 4 is 17.7 Å². The summed E-state index contributed by atoms with van der Waals surface area (Å²) < 4.78 is 31.3. The van der Waals surface area contributed by atoms with Crippen molar-refractivity contribution in [1.82, 2.24) is 0 Å². The minimum absolute atomic E-state index is 0.165. The number of thioether (sulfide) groups is 1. The maximum atomic E-state index is 13.3. The van der Waals surface area contributed by atoms with Crippen molar-refractivity contribution in [3.8, 4) is 0 Å². The number of benzene rings is 1. The fraction of sp³-hybridized carbons (Fsp3) is 0.462. The third kappa shape index (κ3) is 5.49. The topological polar surface area (TPSA) is 26.3 Å². The summed E-state index contributed by atoms with van der Waals surface area (Å²) in [6.45, 7) is 5.35. The normalized spacial score (nSPS) is 11.4. The summed E-state index contributed by atoms with van der Waals surface area (Å²) in [7, 11) is 0. The van der Waals surface area contributed by atoms with Gasteiger partial charge in [0.1, 0.15) is 17.2 Å². The largest absolute Gasteiger partial charge is 0.460 e. The molecule has 100 valence electrons. The van der Waals surface area contributed by atoms with Gasteiger partial charge in [-0.05, 0) is 39.0 Å². The summed E-state index contributed by atoms with van der Waals surface area (Å²) in [6.07, 6.45) is 0.165. The first-order valence-corrected chi connectivity index (χ1v) is 6.56. The summed E-state index contributed by atoms with van der Waals surface area (Å²) >= 11 is 1.10. The second-order valence-electron chi connectivity index (χ2n) is 4.76. The highest BCUT2D eigenvalue weighted by Crippen LogP contribution is 2.23. The molecular weight excluding hydrogens is 258 g/mol. The minimum Gasteiger partial charge on any atom is -0.460 e. The summed E-state index contributed by atoms with van der Waals surface area (Å²) in [5, 5.41) is 0. The molecule has 0 spiro atoms. The van der Waals surface area contributed by atoms with Gasteiger partial charge in [0.15, 0.2) is 0 Å². The van der Waals surface area contributed by atoms with Gasteiger partial charge in [0, 0.05) is 10.6 Å². The van der Waals surface area contributed by atoms with Crippen LogP contribution in [0.1, 0.15) is 27.2 Å². The van der Waals surface area contributed by atoms with Crippen LogP contribution in [0.15, 0.2) is 23.1 Å². The lowest BCUT2D eigenvalue weighted by Crippen LogP contribution is -2.24. The quantitative estimate of drug-likeness (QED) is 0.617. The van der Waals surface area contributed by atoms with E-state index in [4.69, 9.17) is 4.74 Å². The first-order chi connectivity index (χ1) is 8.28. The van der Waals surface area contributed by atoms with E-state index in [1.54, 1.807) is 20.8 Å². The Bertz CT molecular complexity index is 427. The molecule has 0 aliphatic heterocycles. The van der Waals surface area contributed by atoms with E-state index in [0.717, 1.165) is 30.0 Å². The molecule has 1 aromatic rings. The summed E-state index contributed by atoms with van der Waals surface area (Å²) in [6, 6.07) is 3.26. The Balaban J connectivity index is 2.42. The fourth-order valence-electron chi connectivity index (χ4n) is 1.22. The molecule has 1 aromatic carbocycles. The second-order valence-corrected chi connectivity index (χ2v) is 5.90. The summed E-state index contributed by atoms with van der Waals surface area (Å²) in [5.41, 5.74) is -0.522. The zero-order valence-corrected chi connectivity index (χ0v) is 11.4. The monoisotopic (exact) mass is 274 g/mol. The number of esters is 1. The van der Waals surface area contributed by atoms with Gasteiger partial charge >= 0.3 is 5.97 Å². The highest BCUT2D eigenvalue weighted by molar-refractivity contribution is 7.99. The first-order valence-electron chi connectivity index (χ1n) is 5.57. The Kier molecular flexibility index (Phi) is 5.14. The van der Waals surface area contributed by atoms with E-state index in [1.807, 2.05) is 0 Å². The number of carbonyl (C=O) groups excluding carboxylic acids is 1. The van der Waals surface area contributed by atoms with Crippen LogP contribution in [0, 0.1) is 11.6 Å². The molecule has 0 aromatic heterocycles. The number of hydrogen-bond acceptors (Lipinski definition) is 3. The molecular formula is C13H16F2O2S. The predicted octanol–water partition coefficient (Wildman–Crippen LogP) is 3.79. The first kappa shape index (κ1) is 15.0. The highest BCUT2D eigenvalue weighted by Gasteiger charge is 2.16. The van der Waals surface area contributed by atoms with Gasteiger partial charge in [0.05, 0.1) is 6.42 Å². The Hall–Kier alpha value is -1.10. The Labute approximate surface area is 110 Å². The van der Waals surface area contributed by atoms with Gasteiger partial charge in [-0.1, -0.05) is 0 Å². The van der Waals surface area contributed by atoms with Crippen molar-refractivity contribution in [3.63, 3.8) is 0 Å². The zero-order chi connectivity index (χ0) is 13.8. The molecule has 0 N–H and O–H groups in total. The van der Waals surface area contributed by atoms with Crippen molar-refractivity contribution in [2.75, 3.05) is 5.75 Å². The van der Waals surface area contributed by atoms with Crippen LogP contribution < -0.4 is 0 Å². The smallest absolute Gasteiger partial charge is 0.307 e. The third-order valence-corrected chi connectivity index (χ3v) is 2.91. The van der Waals surface area contributed by atoms with Gasteiger partial charge in [-0.3, -0.25) is 4.79 Å². The van der Waals surface area contributed by atoms with E-state index in [0.29, 0.717) is 5.75 Å². The van der Waals surface area contributed by atoms with Crippen LogP contribution in [0.2, 0.25) is 0 Å². The maximum absolute atomic E-state index is 13.3. The molecule has 0 heterocycles. The van der Waals surface area contributed by atoms with Gasteiger partial charge in [-0.15, -0.1) is 11.8 Å². The number of carbonyl (C=O) groups is 1.